The van der Waals surface area contributed by atoms with Gasteiger partial charge in [-0.15, -0.1) is 10.0 Å². The molecule has 0 radical (unpaired) electrons. The van der Waals surface area contributed by atoms with E-state index >= 15 is 0 Å². The molecule has 3 atom stereocenters. The Morgan fingerprint density at radius 1 is 1.36 bits per heavy atom. The number of carbonyl (C=O) groups is 3. The van der Waals surface area contributed by atoms with Crippen molar-refractivity contribution in [2.45, 2.75) is 50.3 Å². The number of β-lactam (4-membered cyclic amide) rings is 1. The van der Waals surface area contributed by atoms with Crippen LogP contribution in [0.3, 0.4) is 0 Å². The molecule has 0 aromatic rings. The summed E-state index contributed by atoms with van der Waals surface area (Å²) in [6.45, 7) is 8.10. The van der Waals surface area contributed by atoms with Crippen molar-refractivity contribution in [2.75, 3.05) is 19.0 Å². The first-order valence-electron chi connectivity index (χ1n) is 7.43. The number of carboxylic acid groups (broad SMARTS) is 1. The summed E-state index contributed by atoms with van der Waals surface area (Å²) in [5, 5.41) is 19.0. The number of aliphatic carboxylic acids is 1. The number of aliphatic hydroxyl groups is 1. The molecule has 2 aliphatic rings. The van der Waals surface area contributed by atoms with Crippen molar-refractivity contribution in [3.8, 4) is 0 Å². The maximum Gasteiger partial charge on any atom is 0.327 e. The fourth-order valence-electron chi connectivity index (χ4n) is 3.71. The first-order chi connectivity index (χ1) is 10.2. The summed E-state index contributed by atoms with van der Waals surface area (Å²) in [4.78, 5) is 39.7. The van der Waals surface area contributed by atoms with E-state index in [2.05, 4.69) is 0 Å². The van der Waals surface area contributed by atoms with Gasteiger partial charge < -0.3 is 20.0 Å². The molecule has 2 aliphatic heterocycles. The summed E-state index contributed by atoms with van der Waals surface area (Å²) in [5.74, 6) is -1.74. The molecule has 0 saturated carbocycles. The molecule has 0 aromatic heterocycles. The number of aliphatic hydroxyl groups excluding tert-OH is 1. The normalized spacial score (nSPS) is 35.3. The SMILES string of the molecule is CCN(CC)C(=O)S1(CO)[C@@H]2CC(=O)N2[C@@H](C(=O)O)C1(C)C. The molecular formula is C14H24N2O5S. The minimum Gasteiger partial charge on any atom is -0.480 e. The van der Waals surface area contributed by atoms with E-state index in [-0.39, 0.29) is 23.5 Å². The fourth-order valence-corrected chi connectivity index (χ4v) is 8.10. The molecule has 126 valence electrons. The van der Waals surface area contributed by atoms with Crippen LogP contribution in [0.1, 0.15) is 34.1 Å². The van der Waals surface area contributed by atoms with E-state index in [9.17, 15) is 24.6 Å². The van der Waals surface area contributed by atoms with E-state index in [0.29, 0.717) is 13.1 Å². The van der Waals surface area contributed by atoms with Crippen LogP contribution in [0.15, 0.2) is 0 Å². The Balaban J connectivity index is 2.57. The number of nitrogens with zero attached hydrogens (tertiary/aromatic N) is 2. The minimum absolute atomic E-state index is 0.149. The van der Waals surface area contributed by atoms with Gasteiger partial charge in [-0.2, -0.15) is 0 Å². The molecular weight excluding hydrogens is 308 g/mol. The molecule has 0 spiro atoms. The number of carboxylic acids is 1. The van der Waals surface area contributed by atoms with Crippen LogP contribution in [-0.4, -0.2) is 72.3 Å². The monoisotopic (exact) mass is 332 g/mol. The molecule has 8 heteroatoms. The molecule has 2 amide bonds. The maximum atomic E-state index is 13.1. The number of fused-ring (bicyclic) bond motifs is 1. The van der Waals surface area contributed by atoms with Crippen LogP contribution < -0.4 is 0 Å². The highest BCUT2D eigenvalue weighted by atomic mass is 32.3. The van der Waals surface area contributed by atoms with Crippen LogP contribution >= 0.6 is 10.0 Å². The zero-order valence-corrected chi connectivity index (χ0v) is 14.2. The highest BCUT2D eigenvalue weighted by Gasteiger charge is 2.71. The van der Waals surface area contributed by atoms with Gasteiger partial charge in [-0.05, 0) is 27.7 Å². The van der Waals surface area contributed by atoms with Gasteiger partial charge in [-0.3, -0.25) is 9.59 Å². The minimum atomic E-state index is -2.38. The third kappa shape index (κ3) is 1.83. The Morgan fingerprint density at radius 3 is 2.23 bits per heavy atom. The predicted molar refractivity (Wildman–Crippen MR) is 83.7 cm³/mol. The number of carbonyl (C=O) groups excluding carboxylic acids is 2. The first kappa shape index (κ1) is 17.1. The lowest BCUT2D eigenvalue weighted by atomic mass is 9.98. The van der Waals surface area contributed by atoms with Gasteiger partial charge in [0, 0.05) is 17.8 Å². The molecule has 0 aliphatic carbocycles. The van der Waals surface area contributed by atoms with Crippen molar-refractivity contribution in [1.29, 1.82) is 0 Å². The van der Waals surface area contributed by atoms with Gasteiger partial charge in [0.05, 0.1) is 17.7 Å². The predicted octanol–water partition coefficient (Wildman–Crippen LogP) is 1.01. The quantitative estimate of drug-likeness (QED) is 0.749. The smallest absolute Gasteiger partial charge is 0.327 e. The van der Waals surface area contributed by atoms with Crippen molar-refractivity contribution in [1.82, 2.24) is 9.80 Å². The number of hydrogen-bond donors (Lipinski definition) is 2. The summed E-state index contributed by atoms with van der Waals surface area (Å²) >= 11 is 0. The number of hydrogen-bond acceptors (Lipinski definition) is 4. The summed E-state index contributed by atoms with van der Waals surface area (Å²) in [6.07, 6.45) is 0.149. The highest BCUT2D eigenvalue weighted by Crippen LogP contribution is 2.74. The molecule has 1 unspecified atom stereocenters. The van der Waals surface area contributed by atoms with Crippen molar-refractivity contribution >= 4 is 27.1 Å². The van der Waals surface area contributed by atoms with Crippen LogP contribution in [0, 0.1) is 0 Å². The molecule has 2 saturated heterocycles. The highest BCUT2D eigenvalue weighted by molar-refractivity contribution is 8.46. The lowest BCUT2D eigenvalue weighted by molar-refractivity contribution is -0.157. The Morgan fingerprint density at radius 2 is 1.91 bits per heavy atom. The summed E-state index contributed by atoms with van der Waals surface area (Å²) in [7, 11) is -2.38. The second-order valence-corrected chi connectivity index (χ2v) is 9.95. The first-order valence-corrected chi connectivity index (χ1v) is 9.30. The molecule has 2 fully saturated rings. The molecule has 2 heterocycles. The Bertz CT molecular complexity index is 519. The lowest BCUT2D eigenvalue weighted by Gasteiger charge is -2.50. The van der Waals surface area contributed by atoms with E-state index in [1.807, 2.05) is 13.8 Å². The van der Waals surface area contributed by atoms with Crippen LogP contribution in [0.25, 0.3) is 0 Å². The second-order valence-electron chi connectivity index (χ2n) is 6.16. The van der Waals surface area contributed by atoms with Crippen LogP contribution in [0.4, 0.5) is 4.79 Å². The summed E-state index contributed by atoms with van der Waals surface area (Å²) in [6, 6.07) is -1.06. The summed E-state index contributed by atoms with van der Waals surface area (Å²) in [5.41, 5.74) is 0. The van der Waals surface area contributed by atoms with E-state index < -0.39 is 32.2 Å². The lowest BCUT2D eigenvalue weighted by Crippen LogP contribution is -2.57. The van der Waals surface area contributed by atoms with Crippen molar-refractivity contribution < 1.29 is 24.6 Å². The van der Waals surface area contributed by atoms with Crippen LogP contribution in [-0.2, 0) is 9.59 Å². The zero-order valence-electron chi connectivity index (χ0n) is 13.4. The van der Waals surface area contributed by atoms with Gasteiger partial charge in [0.15, 0.2) is 0 Å². The maximum absolute atomic E-state index is 13.1. The molecule has 7 nitrogen and oxygen atoms in total. The number of amides is 2. The van der Waals surface area contributed by atoms with Crippen LogP contribution in [0.2, 0.25) is 0 Å². The largest absolute Gasteiger partial charge is 0.480 e. The standard InChI is InChI=1S/C14H24N2O5S/c1-5-15(6-2)13(21)22(8-17)10-7-9(18)16(10)11(12(19)20)14(22,3)4/h10-11,17H,5-8H2,1-4H3,(H,19,20)/t10-,11+/m1/s1. The van der Waals surface area contributed by atoms with Crippen LogP contribution in [0.5, 0.6) is 0 Å². The Hall–Kier alpha value is -1.28. The number of rotatable bonds is 4. The molecule has 2 N–H and O–H groups in total. The molecule has 0 bridgehead atoms. The van der Waals surface area contributed by atoms with Gasteiger partial charge in [-0.1, -0.05) is 0 Å². The topological polar surface area (TPSA) is 98.2 Å². The van der Waals surface area contributed by atoms with Gasteiger partial charge in [0.2, 0.25) is 5.91 Å². The Kier molecular flexibility index (Phi) is 4.20. The van der Waals surface area contributed by atoms with E-state index in [0.717, 1.165) is 0 Å². The van der Waals surface area contributed by atoms with E-state index in [1.165, 1.54) is 4.90 Å². The molecule has 2 rings (SSSR count). The van der Waals surface area contributed by atoms with Gasteiger partial charge in [0.25, 0.3) is 5.24 Å². The van der Waals surface area contributed by atoms with Gasteiger partial charge in [-0.25, -0.2) is 4.79 Å². The summed E-state index contributed by atoms with van der Waals surface area (Å²) < 4.78 is -0.968. The second kappa shape index (κ2) is 5.42. The zero-order chi connectivity index (χ0) is 16.9. The third-order valence-corrected chi connectivity index (χ3v) is 9.77. The van der Waals surface area contributed by atoms with Crippen molar-refractivity contribution in [3.05, 3.63) is 0 Å². The van der Waals surface area contributed by atoms with E-state index in [1.54, 1.807) is 18.7 Å². The molecule has 0 aromatic carbocycles. The van der Waals surface area contributed by atoms with Gasteiger partial charge >= 0.3 is 5.97 Å². The average molecular weight is 332 g/mol. The van der Waals surface area contributed by atoms with Gasteiger partial charge in [0.1, 0.15) is 6.04 Å². The fraction of sp³-hybridized carbons (Fsp3) is 0.786. The van der Waals surface area contributed by atoms with E-state index in [4.69, 9.17) is 0 Å². The third-order valence-electron chi connectivity index (χ3n) is 5.06. The Labute approximate surface area is 131 Å². The molecule has 22 heavy (non-hydrogen) atoms. The van der Waals surface area contributed by atoms with Crippen molar-refractivity contribution in [3.63, 3.8) is 0 Å². The van der Waals surface area contributed by atoms with Crippen molar-refractivity contribution in [2.24, 2.45) is 0 Å². The average Bonchev–Trinajstić information content (AvgIpc) is 2.61.